The summed E-state index contributed by atoms with van der Waals surface area (Å²) in [6.07, 6.45) is 3.96. The second-order valence-corrected chi connectivity index (χ2v) is 7.11. The topological polar surface area (TPSA) is 81.9 Å². The second-order valence-electron chi connectivity index (χ2n) is 7.11. The van der Waals surface area contributed by atoms with Crippen LogP contribution in [0.3, 0.4) is 0 Å². The lowest BCUT2D eigenvalue weighted by Crippen LogP contribution is -2.28. The fourth-order valence-electron chi connectivity index (χ4n) is 3.21. The lowest BCUT2D eigenvalue weighted by Gasteiger charge is -2.18. The number of hydrogen-bond donors (Lipinski definition) is 1. The predicted octanol–water partition coefficient (Wildman–Crippen LogP) is 3.74. The molecule has 140 valence electrons. The van der Waals surface area contributed by atoms with E-state index in [4.69, 9.17) is 5.26 Å². The van der Waals surface area contributed by atoms with Gasteiger partial charge in [0, 0.05) is 24.9 Å². The van der Waals surface area contributed by atoms with Crippen LogP contribution in [0.4, 0.5) is 5.82 Å². The van der Waals surface area contributed by atoms with Gasteiger partial charge in [-0.25, -0.2) is 9.97 Å². The van der Waals surface area contributed by atoms with Gasteiger partial charge in [0.25, 0.3) is 0 Å². The Morgan fingerprint density at radius 2 is 2.04 bits per heavy atom. The molecule has 0 bridgehead atoms. The Labute approximate surface area is 163 Å². The number of benzene rings is 2. The minimum absolute atomic E-state index is 0.0864. The number of nitrogens with one attached hydrogen (secondary N) is 1. The third kappa shape index (κ3) is 3.94. The second kappa shape index (κ2) is 7.65. The molecule has 6 nitrogen and oxygen atoms in total. The van der Waals surface area contributed by atoms with Gasteiger partial charge in [0.2, 0.25) is 5.91 Å². The van der Waals surface area contributed by atoms with Crippen molar-refractivity contribution in [2.24, 2.45) is 0 Å². The van der Waals surface area contributed by atoms with Crippen molar-refractivity contribution in [2.45, 2.75) is 32.4 Å². The van der Waals surface area contributed by atoms with Gasteiger partial charge in [0.15, 0.2) is 0 Å². The number of hydrogen-bond acceptors (Lipinski definition) is 5. The molecule has 0 saturated heterocycles. The molecule has 1 aliphatic rings. The van der Waals surface area contributed by atoms with Gasteiger partial charge in [-0.2, -0.15) is 5.26 Å². The van der Waals surface area contributed by atoms with Gasteiger partial charge in [0.05, 0.1) is 11.6 Å². The number of nitriles is 1. The highest BCUT2D eigenvalue weighted by atomic mass is 16.2. The first-order valence-electron chi connectivity index (χ1n) is 9.37. The number of amides is 1. The van der Waals surface area contributed by atoms with Crippen molar-refractivity contribution in [2.75, 3.05) is 11.9 Å². The molecule has 1 amide bonds. The van der Waals surface area contributed by atoms with Gasteiger partial charge in [-0.1, -0.05) is 24.3 Å². The maximum Gasteiger partial charge on any atom is 0.220 e. The van der Waals surface area contributed by atoms with E-state index in [1.54, 1.807) is 6.33 Å². The van der Waals surface area contributed by atoms with E-state index in [9.17, 15) is 4.79 Å². The molecule has 1 aliphatic carbocycles. The summed E-state index contributed by atoms with van der Waals surface area (Å²) in [7, 11) is 0. The predicted molar refractivity (Wildman–Crippen MR) is 108 cm³/mol. The number of carbonyl (C=O) groups is 1. The standard InChI is InChI=1S/C22H21N5O/c1-15(28)27(10-9-23)13-16-3-2-4-17(11-16)18-5-8-21-20(12-18)22(25-14-24-21)26-19-6-7-19/h2-5,8,11-12,14,19H,6-7,10,13H2,1H3,(H,24,25,26). The van der Waals surface area contributed by atoms with Crippen LogP contribution in [0.2, 0.25) is 0 Å². The molecule has 0 unspecified atom stereocenters. The molecule has 0 aliphatic heterocycles. The van der Waals surface area contributed by atoms with Crippen molar-refractivity contribution in [1.29, 1.82) is 5.26 Å². The Bertz CT molecular complexity index is 1070. The Morgan fingerprint density at radius 3 is 2.79 bits per heavy atom. The van der Waals surface area contributed by atoms with Crippen molar-refractivity contribution in [3.8, 4) is 17.2 Å². The van der Waals surface area contributed by atoms with Crippen molar-refractivity contribution in [3.63, 3.8) is 0 Å². The highest BCUT2D eigenvalue weighted by molar-refractivity contribution is 5.92. The smallest absolute Gasteiger partial charge is 0.220 e. The van der Waals surface area contributed by atoms with Gasteiger partial charge in [0.1, 0.15) is 18.7 Å². The van der Waals surface area contributed by atoms with E-state index in [2.05, 4.69) is 27.4 Å². The quantitative estimate of drug-likeness (QED) is 0.668. The number of carbonyl (C=O) groups excluding carboxylic acids is 1. The van der Waals surface area contributed by atoms with Crippen LogP contribution in [0, 0.1) is 11.3 Å². The normalized spacial score (nSPS) is 13.1. The van der Waals surface area contributed by atoms with Crippen molar-refractivity contribution in [1.82, 2.24) is 14.9 Å². The Kier molecular flexibility index (Phi) is 4.90. The van der Waals surface area contributed by atoms with Crippen molar-refractivity contribution < 1.29 is 4.79 Å². The largest absolute Gasteiger partial charge is 0.367 e. The minimum Gasteiger partial charge on any atom is -0.367 e. The van der Waals surface area contributed by atoms with Gasteiger partial charge in [-0.05, 0) is 47.7 Å². The first kappa shape index (κ1) is 17.9. The Hall–Kier alpha value is -3.46. The van der Waals surface area contributed by atoms with Crippen LogP contribution in [0.15, 0.2) is 48.8 Å². The van der Waals surface area contributed by atoms with Gasteiger partial charge < -0.3 is 10.2 Å². The first-order valence-corrected chi connectivity index (χ1v) is 9.37. The third-order valence-electron chi connectivity index (χ3n) is 4.89. The van der Waals surface area contributed by atoms with Crippen molar-refractivity contribution >= 4 is 22.6 Å². The van der Waals surface area contributed by atoms with E-state index >= 15 is 0 Å². The highest BCUT2D eigenvalue weighted by Gasteiger charge is 2.22. The summed E-state index contributed by atoms with van der Waals surface area (Å²) in [6, 6.07) is 16.8. The monoisotopic (exact) mass is 371 g/mol. The molecule has 6 heteroatoms. The van der Waals surface area contributed by atoms with Gasteiger partial charge >= 0.3 is 0 Å². The lowest BCUT2D eigenvalue weighted by atomic mass is 10.0. The summed E-state index contributed by atoms with van der Waals surface area (Å²) in [4.78, 5) is 22.1. The first-order chi connectivity index (χ1) is 13.6. The molecule has 0 radical (unpaired) electrons. The fraction of sp³-hybridized carbons (Fsp3) is 0.273. The number of aromatic nitrogens is 2. The van der Waals surface area contributed by atoms with Gasteiger partial charge in [-0.3, -0.25) is 4.79 Å². The van der Waals surface area contributed by atoms with Crippen molar-refractivity contribution in [3.05, 3.63) is 54.4 Å². The van der Waals surface area contributed by atoms with Crippen LogP contribution >= 0.6 is 0 Å². The fourth-order valence-corrected chi connectivity index (χ4v) is 3.21. The minimum atomic E-state index is -0.106. The summed E-state index contributed by atoms with van der Waals surface area (Å²) in [6.45, 7) is 1.99. The molecule has 4 rings (SSSR count). The number of nitrogens with zero attached hydrogens (tertiary/aromatic N) is 4. The molecule has 1 fully saturated rings. The van der Waals surface area contributed by atoms with Crippen LogP contribution in [0.1, 0.15) is 25.3 Å². The molecule has 0 spiro atoms. The number of rotatable bonds is 6. The van der Waals surface area contributed by atoms with Gasteiger partial charge in [-0.15, -0.1) is 0 Å². The van der Waals surface area contributed by atoms with E-state index < -0.39 is 0 Å². The SMILES string of the molecule is CC(=O)N(CC#N)Cc1cccc(-c2ccc3ncnc(NC4CC4)c3c2)c1. The highest BCUT2D eigenvalue weighted by Crippen LogP contribution is 2.30. The Morgan fingerprint density at radius 1 is 1.21 bits per heavy atom. The summed E-state index contributed by atoms with van der Waals surface area (Å²) >= 11 is 0. The molecule has 1 aromatic heterocycles. The number of fused-ring (bicyclic) bond motifs is 1. The average Bonchev–Trinajstić information content (AvgIpc) is 3.52. The van der Waals surface area contributed by atoms with E-state index in [1.165, 1.54) is 24.7 Å². The molecule has 28 heavy (non-hydrogen) atoms. The van der Waals surface area contributed by atoms with E-state index in [-0.39, 0.29) is 12.5 Å². The maximum absolute atomic E-state index is 11.7. The van der Waals surface area contributed by atoms with Crippen LogP contribution < -0.4 is 5.32 Å². The molecular weight excluding hydrogens is 350 g/mol. The molecule has 0 atom stereocenters. The average molecular weight is 371 g/mol. The number of anilines is 1. The molecule has 1 N–H and O–H groups in total. The van der Waals surface area contributed by atoms with Crippen LogP contribution in [-0.2, 0) is 11.3 Å². The molecule has 3 aromatic rings. The Balaban J connectivity index is 1.66. The molecule has 1 saturated carbocycles. The zero-order valence-electron chi connectivity index (χ0n) is 15.7. The summed E-state index contributed by atoms with van der Waals surface area (Å²) in [5, 5.41) is 13.4. The molecule has 1 heterocycles. The summed E-state index contributed by atoms with van der Waals surface area (Å²) < 4.78 is 0. The van der Waals surface area contributed by atoms with Crippen LogP contribution in [0.5, 0.6) is 0 Å². The summed E-state index contributed by atoms with van der Waals surface area (Å²) in [5.41, 5.74) is 4.03. The van der Waals surface area contributed by atoms with E-state index in [0.717, 1.165) is 33.4 Å². The third-order valence-corrected chi connectivity index (χ3v) is 4.89. The molecule has 2 aromatic carbocycles. The van der Waals surface area contributed by atoms with E-state index in [1.807, 2.05) is 36.4 Å². The van der Waals surface area contributed by atoms with Crippen LogP contribution in [-0.4, -0.2) is 33.4 Å². The zero-order valence-corrected chi connectivity index (χ0v) is 15.7. The lowest BCUT2D eigenvalue weighted by molar-refractivity contribution is -0.128. The van der Waals surface area contributed by atoms with E-state index in [0.29, 0.717) is 12.6 Å². The zero-order chi connectivity index (χ0) is 19.5. The van der Waals surface area contributed by atoms with Crippen LogP contribution in [0.25, 0.3) is 22.0 Å². The molecular formula is C22H21N5O. The summed E-state index contributed by atoms with van der Waals surface area (Å²) in [5.74, 6) is 0.771. The maximum atomic E-state index is 11.7.